The molecule has 1 unspecified atom stereocenters. The summed E-state index contributed by atoms with van der Waals surface area (Å²) in [5, 5.41) is 0. The third kappa shape index (κ3) is 4.14. The molecule has 0 fully saturated rings. The Balaban J connectivity index is 1.79. The van der Waals surface area contributed by atoms with Crippen LogP contribution in [-0.4, -0.2) is 5.75 Å². The zero-order chi connectivity index (χ0) is 11.9. The number of hydrogen-bond acceptors (Lipinski definition) is 2. The Morgan fingerprint density at radius 1 is 0.882 bits per heavy atom. The van der Waals surface area contributed by atoms with Crippen molar-refractivity contribution in [1.82, 2.24) is 0 Å². The molecule has 0 nitrogen and oxygen atoms in total. The molecule has 0 aliphatic heterocycles. The fourth-order valence-electron chi connectivity index (χ4n) is 1.65. The third-order valence-corrected chi connectivity index (χ3v) is 4.37. The lowest BCUT2D eigenvalue weighted by Gasteiger charge is -2.10. The Hall–Kier alpha value is -0.860. The summed E-state index contributed by atoms with van der Waals surface area (Å²) in [5.74, 6) is 1.10. The Morgan fingerprint density at radius 2 is 1.47 bits per heavy atom. The highest BCUT2D eigenvalue weighted by Crippen LogP contribution is 2.32. The lowest BCUT2D eigenvalue weighted by molar-refractivity contribution is 1.15. The zero-order valence-electron chi connectivity index (χ0n) is 9.62. The number of benzene rings is 2. The van der Waals surface area contributed by atoms with E-state index in [1.807, 2.05) is 17.8 Å². The van der Waals surface area contributed by atoms with Crippen molar-refractivity contribution in [3.63, 3.8) is 0 Å². The molecule has 0 N–H and O–H groups in total. The molecule has 88 valence electrons. The van der Waals surface area contributed by atoms with Crippen molar-refractivity contribution >= 4 is 24.4 Å². The van der Waals surface area contributed by atoms with E-state index < -0.39 is 0 Å². The van der Waals surface area contributed by atoms with Gasteiger partial charge in [0.05, 0.1) is 4.58 Å². The third-order valence-electron chi connectivity index (χ3n) is 2.59. The quantitative estimate of drug-likeness (QED) is 0.606. The summed E-state index contributed by atoms with van der Waals surface area (Å²) in [6, 6.07) is 21.0. The van der Waals surface area contributed by atoms with Gasteiger partial charge in [-0.05, 0) is 23.3 Å². The first kappa shape index (κ1) is 12.6. The summed E-state index contributed by atoms with van der Waals surface area (Å²) in [5.41, 5.74) is 2.68. The molecule has 0 amide bonds. The molecule has 17 heavy (non-hydrogen) atoms. The predicted octanol–water partition coefficient (Wildman–Crippen LogP) is 4.59. The van der Waals surface area contributed by atoms with Crippen LogP contribution in [0.3, 0.4) is 0 Å². The molecule has 0 bridgehead atoms. The van der Waals surface area contributed by atoms with Crippen LogP contribution in [0.15, 0.2) is 60.7 Å². The minimum Gasteiger partial charge on any atom is -0.160 e. The zero-order valence-corrected chi connectivity index (χ0v) is 11.3. The van der Waals surface area contributed by atoms with Gasteiger partial charge in [0.25, 0.3) is 0 Å². The van der Waals surface area contributed by atoms with Gasteiger partial charge in [0, 0.05) is 0 Å². The van der Waals surface area contributed by atoms with E-state index in [1.54, 1.807) is 0 Å². The van der Waals surface area contributed by atoms with E-state index in [2.05, 4.69) is 67.2 Å². The molecule has 0 saturated heterocycles. The van der Waals surface area contributed by atoms with Gasteiger partial charge in [-0.3, -0.25) is 0 Å². The van der Waals surface area contributed by atoms with Gasteiger partial charge in [-0.2, -0.15) is 12.6 Å². The molecule has 2 aromatic carbocycles. The van der Waals surface area contributed by atoms with Crippen LogP contribution in [0.5, 0.6) is 0 Å². The molecule has 0 heterocycles. The van der Waals surface area contributed by atoms with Gasteiger partial charge in [0.2, 0.25) is 0 Å². The smallest absolute Gasteiger partial charge is 0.0721 e. The summed E-state index contributed by atoms with van der Waals surface area (Å²) >= 11 is 6.52. The molecular weight excluding hydrogens is 244 g/mol. The molecule has 0 radical (unpaired) electrons. The van der Waals surface area contributed by atoms with Crippen molar-refractivity contribution in [2.24, 2.45) is 0 Å². The number of aryl methyl sites for hydroxylation is 1. The van der Waals surface area contributed by atoms with Crippen LogP contribution >= 0.6 is 24.4 Å². The number of thioether (sulfide) groups is 1. The van der Waals surface area contributed by atoms with Gasteiger partial charge < -0.3 is 0 Å². The first-order valence-corrected chi connectivity index (χ1v) is 7.31. The lowest BCUT2D eigenvalue weighted by atomic mass is 10.2. The summed E-state index contributed by atoms with van der Waals surface area (Å²) in [6.45, 7) is 0. The van der Waals surface area contributed by atoms with Gasteiger partial charge in [0.1, 0.15) is 0 Å². The molecule has 1 atom stereocenters. The second-order valence-electron chi connectivity index (χ2n) is 3.87. The second-order valence-corrected chi connectivity index (χ2v) is 5.95. The first-order valence-electron chi connectivity index (χ1n) is 5.75. The van der Waals surface area contributed by atoms with E-state index in [9.17, 15) is 0 Å². The maximum Gasteiger partial charge on any atom is 0.0721 e. The molecule has 0 aliphatic rings. The average molecular weight is 260 g/mol. The van der Waals surface area contributed by atoms with Gasteiger partial charge in [-0.25, -0.2) is 0 Å². The predicted molar refractivity (Wildman–Crippen MR) is 80.8 cm³/mol. The van der Waals surface area contributed by atoms with Gasteiger partial charge in [0.15, 0.2) is 0 Å². The normalized spacial score (nSPS) is 12.3. The standard InChI is InChI=1S/C15H16S2/c16-15(14-9-5-2-6-10-14)17-12-11-13-7-3-1-4-8-13/h1-10,15-16H,11-12H2. The lowest BCUT2D eigenvalue weighted by Crippen LogP contribution is -1.91. The Bertz CT molecular complexity index is 425. The topological polar surface area (TPSA) is 0 Å². The number of hydrogen-bond donors (Lipinski definition) is 1. The van der Waals surface area contributed by atoms with Crippen LogP contribution in [0.2, 0.25) is 0 Å². The molecule has 2 rings (SSSR count). The highest BCUT2D eigenvalue weighted by molar-refractivity contribution is 8.09. The fourth-order valence-corrected chi connectivity index (χ4v) is 3.06. The van der Waals surface area contributed by atoms with Gasteiger partial charge in [-0.15, -0.1) is 11.8 Å². The largest absolute Gasteiger partial charge is 0.160 e. The van der Waals surface area contributed by atoms with E-state index in [4.69, 9.17) is 0 Å². The fraction of sp³-hybridized carbons (Fsp3) is 0.200. The molecule has 0 aromatic heterocycles. The van der Waals surface area contributed by atoms with Crippen molar-refractivity contribution in [2.45, 2.75) is 11.0 Å². The van der Waals surface area contributed by atoms with E-state index in [0.29, 0.717) is 0 Å². The maximum absolute atomic E-state index is 4.63. The van der Waals surface area contributed by atoms with Crippen LogP contribution in [-0.2, 0) is 6.42 Å². The van der Waals surface area contributed by atoms with Crippen molar-refractivity contribution in [1.29, 1.82) is 0 Å². The maximum atomic E-state index is 4.63. The van der Waals surface area contributed by atoms with E-state index in [0.717, 1.165) is 12.2 Å². The molecule has 0 spiro atoms. The van der Waals surface area contributed by atoms with Crippen LogP contribution in [0.1, 0.15) is 15.7 Å². The first-order chi connectivity index (χ1) is 8.36. The van der Waals surface area contributed by atoms with Crippen LogP contribution < -0.4 is 0 Å². The van der Waals surface area contributed by atoms with Crippen molar-refractivity contribution in [3.05, 3.63) is 71.8 Å². The summed E-state index contributed by atoms with van der Waals surface area (Å²) in [7, 11) is 0. The number of thiol groups is 1. The monoisotopic (exact) mass is 260 g/mol. The van der Waals surface area contributed by atoms with Crippen LogP contribution in [0.25, 0.3) is 0 Å². The Morgan fingerprint density at radius 3 is 2.12 bits per heavy atom. The molecule has 2 aromatic rings. The number of rotatable bonds is 5. The van der Waals surface area contributed by atoms with E-state index in [1.165, 1.54) is 11.1 Å². The summed E-state index contributed by atoms with van der Waals surface area (Å²) in [4.78, 5) is 0. The molecule has 0 saturated carbocycles. The van der Waals surface area contributed by atoms with E-state index >= 15 is 0 Å². The summed E-state index contributed by atoms with van der Waals surface area (Å²) in [6.07, 6.45) is 1.11. The van der Waals surface area contributed by atoms with Crippen LogP contribution in [0.4, 0.5) is 0 Å². The minimum atomic E-state index is 0.278. The SMILES string of the molecule is SC(SCCc1ccccc1)c1ccccc1. The van der Waals surface area contributed by atoms with Crippen LogP contribution in [0, 0.1) is 0 Å². The van der Waals surface area contributed by atoms with Gasteiger partial charge >= 0.3 is 0 Å². The average Bonchev–Trinajstić information content (AvgIpc) is 2.41. The van der Waals surface area contributed by atoms with Crippen molar-refractivity contribution in [2.75, 3.05) is 5.75 Å². The molecule has 0 aliphatic carbocycles. The molecule has 2 heteroatoms. The minimum absolute atomic E-state index is 0.278. The van der Waals surface area contributed by atoms with Gasteiger partial charge in [-0.1, -0.05) is 60.7 Å². The Labute approximate surface area is 113 Å². The van der Waals surface area contributed by atoms with Crippen molar-refractivity contribution < 1.29 is 0 Å². The second kappa shape index (κ2) is 6.77. The van der Waals surface area contributed by atoms with Crippen molar-refractivity contribution in [3.8, 4) is 0 Å². The summed E-state index contributed by atoms with van der Waals surface area (Å²) < 4.78 is 0.278. The Kier molecular flexibility index (Phi) is 5.02. The highest BCUT2D eigenvalue weighted by Gasteiger charge is 2.05. The van der Waals surface area contributed by atoms with E-state index in [-0.39, 0.29) is 4.58 Å². The molecular formula is C15H16S2. The highest BCUT2D eigenvalue weighted by atomic mass is 32.2.